The largest absolute Gasteiger partial charge is 0.0798 e. The van der Waals surface area contributed by atoms with E-state index in [0.717, 1.165) is 6.42 Å². The third-order valence-electron chi connectivity index (χ3n) is 1.60. The second-order valence-corrected chi connectivity index (χ2v) is 3.48. The van der Waals surface area contributed by atoms with Crippen LogP contribution in [0.25, 0.3) is 0 Å². The molecule has 49 valence electrons. The highest BCUT2D eigenvalue weighted by atomic mass is 14.2. The van der Waals surface area contributed by atoms with Gasteiger partial charge in [0.25, 0.3) is 0 Å². The first-order valence-electron chi connectivity index (χ1n) is 3.38. The molecule has 1 aliphatic carbocycles. The molecule has 1 radical (unpaired) electrons. The van der Waals surface area contributed by atoms with Gasteiger partial charge in [0.2, 0.25) is 0 Å². The van der Waals surface area contributed by atoms with Crippen LogP contribution in [0.3, 0.4) is 0 Å². The van der Waals surface area contributed by atoms with Crippen LogP contribution in [0.2, 0.25) is 0 Å². The van der Waals surface area contributed by atoms with Gasteiger partial charge in [-0.1, -0.05) is 38.5 Å². The van der Waals surface area contributed by atoms with Gasteiger partial charge in [-0.25, -0.2) is 0 Å². The van der Waals surface area contributed by atoms with Crippen LogP contribution in [0.5, 0.6) is 0 Å². The van der Waals surface area contributed by atoms with E-state index in [1.54, 1.807) is 0 Å². The fraction of sp³-hybridized carbons (Fsp3) is 0.556. The van der Waals surface area contributed by atoms with Crippen molar-refractivity contribution < 1.29 is 0 Å². The normalized spacial score (nSPS) is 18.3. The van der Waals surface area contributed by atoms with Gasteiger partial charge in [0, 0.05) is 0 Å². The summed E-state index contributed by atoms with van der Waals surface area (Å²) in [7, 11) is 0. The molecule has 0 aromatic heterocycles. The molecule has 0 saturated heterocycles. The third kappa shape index (κ3) is 1.44. The second kappa shape index (κ2) is 2.02. The quantitative estimate of drug-likeness (QED) is 0.462. The summed E-state index contributed by atoms with van der Waals surface area (Å²) in [4.78, 5) is 0. The van der Waals surface area contributed by atoms with Crippen molar-refractivity contribution in [3.63, 3.8) is 0 Å². The monoisotopic (exact) mass is 121 g/mol. The smallest absolute Gasteiger partial charge is 0.0121 e. The third-order valence-corrected chi connectivity index (χ3v) is 1.60. The Morgan fingerprint density at radius 3 is 2.33 bits per heavy atom. The lowest BCUT2D eigenvalue weighted by molar-refractivity contribution is 0.495. The highest BCUT2D eigenvalue weighted by Crippen LogP contribution is 2.30. The Hall–Kier alpha value is -0.520. The lowest BCUT2D eigenvalue weighted by atomic mass is 9.86. The van der Waals surface area contributed by atoms with Crippen LogP contribution in [0, 0.1) is 11.5 Å². The van der Waals surface area contributed by atoms with E-state index >= 15 is 0 Å². The van der Waals surface area contributed by atoms with Gasteiger partial charge in [0.1, 0.15) is 0 Å². The number of hydrogen-bond donors (Lipinski definition) is 0. The van der Waals surface area contributed by atoms with E-state index in [1.807, 2.05) is 6.08 Å². The van der Waals surface area contributed by atoms with Crippen LogP contribution < -0.4 is 0 Å². The zero-order chi connectivity index (χ0) is 6.91. The van der Waals surface area contributed by atoms with E-state index in [2.05, 4.69) is 32.9 Å². The average Bonchev–Trinajstić information content (AvgIpc) is 2.08. The lowest BCUT2D eigenvalue weighted by Gasteiger charge is -2.19. The molecule has 0 bridgehead atoms. The van der Waals surface area contributed by atoms with Gasteiger partial charge >= 0.3 is 0 Å². The molecule has 0 amide bonds. The fourth-order valence-corrected chi connectivity index (χ4v) is 0.918. The Balaban J connectivity index is 2.66. The molecule has 0 spiro atoms. The van der Waals surface area contributed by atoms with E-state index in [4.69, 9.17) is 0 Å². The van der Waals surface area contributed by atoms with Crippen molar-refractivity contribution in [3.8, 4) is 0 Å². The summed E-state index contributed by atoms with van der Waals surface area (Å²) >= 11 is 0. The Kier molecular flexibility index (Phi) is 1.48. The minimum Gasteiger partial charge on any atom is -0.0798 e. The van der Waals surface area contributed by atoms with Crippen molar-refractivity contribution >= 4 is 0 Å². The molecule has 0 aliphatic heterocycles. The van der Waals surface area contributed by atoms with Crippen molar-refractivity contribution in [2.45, 2.75) is 27.2 Å². The lowest BCUT2D eigenvalue weighted by Crippen LogP contribution is -2.07. The van der Waals surface area contributed by atoms with Gasteiger partial charge in [-0.2, -0.15) is 0 Å². The number of rotatable bonds is 0. The van der Waals surface area contributed by atoms with E-state index < -0.39 is 0 Å². The summed E-state index contributed by atoms with van der Waals surface area (Å²) in [6.45, 7) is 6.67. The Morgan fingerprint density at radius 1 is 1.44 bits per heavy atom. The van der Waals surface area contributed by atoms with Crippen molar-refractivity contribution in [3.05, 3.63) is 23.8 Å². The summed E-state index contributed by atoms with van der Waals surface area (Å²) in [5.74, 6) is 0. The molecule has 0 saturated carbocycles. The molecule has 0 aromatic carbocycles. The maximum absolute atomic E-state index is 3.23. The van der Waals surface area contributed by atoms with Gasteiger partial charge in [-0.15, -0.1) is 0 Å². The maximum Gasteiger partial charge on any atom is -0.0121 e. The van der Waals surface area contributed by atoms with Crippen LogP contribution in [0.4, 0.5) is 0 Å². The Labute approximate surface area is 57.3 Å². The predicted octanol–water partition coefficient (Wildman–Crippen LogP) is 2.72. The summed E-state index contributed by atoms with van der Waals surface area (Å²) in [5, 5.41) is 0. The van der Waals surface area contributed by atoms with Crippen LogP contribution in [0.15, 0.2) is 17.7 Å². The van der Waals surface area contributed by atoms with E-state index in [1.165, 1.54) is 5.57 Å². The summed E-state index contributed by atoms with van der Waals surface area (Å²) in [6.07, 6.45) is 8.50. The van der Waals surface area contributed by atoms with Crippen molar-refractivity contribution in [1.82, 2.24) is 0 Å². The molecule has 0 atom stereocenters. The topological polar surface area (TPSA) is 0 Å². The molecule has 1 rings (SSSR count). The van der Waals surface area contributed by atoms with Crippen molar-refractivity contribution in [1.29, 1.82) is 0 Å². The molecule has 0 aromatic rings. The predicted molar refractivity (Wildman–Crippen MR) is 40.0 cm³/mol. The van der Waals surface area contributed by atoms with Gasteiger partial charge in [0.15, 0.2) is 0 Å². The molecule has 0 fully saturated rings. The van der Waals surface area contributed by atoms with Crippen LogP contribution in [-0.2, 0) is 0 Å². The highest BCUT2D eigenvalue weighted by molar-refractivity contribution is 5.22. The van der Waals surface area contributed by atoms with Gasteiger partial charge in [-0.3, -0.25) is 0 Å². The van der Waals surface area contributed by atoms with Crippen molar-refractivity contribution in [2.24, 2.45) is 5.41 Å². The molecular weight excluding hydrogens is 108 g/mol. The number of hydrogen-bond acceptors (Lipinski definition) is 0. The van der Waals surface area contributed by atoms with E-state index in [0.29, 0.717) is 5.41 Å². The standard InChI is InChI=1S/C9H13/c1-9(2,3)8-6-4-5-7-8/h4-5H,6H2,1-3H3. The Bertz CT molecular complexity index is 153. The van der Waals surface area contributed by atoms with Crippen LogP contribution in [-0.4, -0.2) is 0 Å². The molecule has 0 nitrogen and oxygen atoms in total. The SMILES string of the molecule is CC(C)(C)C1=[C]C=CC1. The zero-order valence-electron chi connectivity index (χ0n) is 6.36. The fourth-order valence-electron chi connectivity index (χ4n) is 0.918. The average molecular weight is 121 g/mol. The molecule has 1 aliphatic rings. The summed E-state index contributed by atoms with van der Waals surface area (Å²) in [5.41, 5.74) is 1.74. The minimum absolute atomic E-state index is 0.323. The second-order valence-electron chi connectivity index (χ2n) is 3.48. The maximum atomic E-state index is 3.23. The van der Waals surface area contributed by atoms with Crippen molar-refractivity contribution in [2.75, 3.05) is 0 Å². The molecule has 0 heterocycles. The zero-order valence-corrected chi connectivity index (χ0v) is 6.36. The molecule has 0 N–H and O–H groups in total. The highest BCUT2D eigenvalue weighted by Gasteiger charge is 2.16. The molecule has 0 heteroatoms. The number of allylic oxidation sites excluding steroid dienone is 4. The first-order valence-corrected chi connectivity index (χ1v) is 3.38. The Morgan fingerprint density at radius 2 is 2.11 bits per heavy atom. The minimum atomic E-state index is 0.323. The van der Waals surface area contributed by atoms with Crippen LogP contribution >= 0.6 is 0 Å². The van der Waals surface area contributed by atoms with E-state index in [-0.39, 0.29) is 0 Å². The first-order chi connectivity index (χ1) is 4.11. The van der Waals surface area contributed by atoms with Gasteiger partial charge in [0.05, 0.1) is 0 Å². The molecule has 0 unspecified atom stereocenters. The molecular formula is C9H13. The van der Waals surface area contributed by atoms with E-state index in [9.17, 15) is 0 Å². The first kappa shape index (κ1) is 6.60. The van der Waals surface area contributed by atoms with Gasteiger partial charge in [-0.05, 0) is 17.9 Å². The summed E-state index contributed by atoms with van der Waals surface area (Å²) in [6, 6.07) is 0. The van der Waals surface area contributed by atoms with Gasteiger partial charge < -0.3 is 0 Å². The van der Waals surface area contributed by atoms with Crippen LogP contribution in [0.1, 0.15) is 27.2 Å². The molecule has 9 heavy (non-hydrogen) atoms. The summed E-state index contributed by atoms with van der Waals surface area (Å²) < 4.78 is 0.